The maximum atomic E-state index is 5.79. The second-order valence-corrected chi connectivity index (χ2v) is 4.20. The fourth-order valence-electron chi connectivity index (χ4n) is 1.78. The van der Waals surface area contributed by atoms with Gasteiger partial charge in [0, 0.05) is 17.8 Å². The molecule has 2 rings (SSSR count). The van der Waals surface area contributed by atoms with Crippen LogP contribution >= 0.6 is 0 Å². The third-order valence-corrected chi connectivity index (χ3v) is 2.53. The van der Waals surface area contributed by atoms with E-state index in [4.69, 9.17) is 10.5 Å². The summed E-state index contributed by atoms with van der Waals surface area (Å²) in [6.07, 6.45) is 0.677. The summed E-state index contributed by atoms with van der Waals surface area (Å²) in [4.78, 5) is 8.73. The number of ether oxygens (including phenoxy) is 1. The van der Waals surface area contributed by atoms with Crippen LogP contribution in [0.2, 0.25) is 0 Å². The molecule has 0 saturated heterocycles. The van der Waals surface area contributed by atoms with E-state index in [9.17, 15) is 0 Å². The summed E-state index contributed by atoms with van der Waals surface area (Å²) in [6, 6.07) is 9.42. The van der Waals surface area contributed by atoms with E-state index in [2.05, 4.69) is 9.97 Å². The smallest absolute Gasteiger partial charge is 0.142 e. The third kappa shape index (κ3) is 3.20. The van der Waals surface area contributed by atoms with Gasteiger partial charge in [0.15, 0.2) is 0 Å². The van der Waals surface area contributed by atoms with E-state index in [-0.39, 0.29) is 0 Å². The molecule has 0 bridgehead atoms. The van der Waals surface area contributed by atoms with Crippen molar-refractivity contribution in [2.45, 2.75) is 20.3 Å². The Morgan fingerprint density at radius 1 is 1.11 bits per heavy atom. The number of aromatic nitrogens is 2. The first-order chi connectivity index (χ1) is 8.65. The van der Waals surface area contributed by atoms with Gasteiger partial charge < -0.3 is 10.5 Å². The van der Waals surface area contributed by atoms with Gasteiger partial charge in [0.05, 0.1) is 12.3 Å². The van der Waals surface area contributed by atoms with Crippen LogP contribution in [0, 0.1) is 13.8 Å². The molecule has 0 aliphatic heterocycles. The molecule has 4 nitrogen and oxygen atoms in total. The third-order valence-electron chi connectivity index (χ3n) is 2.53. The van der Waals surface area contributed by atoms with Gasteiger partial charge >= 0.3 is 0 Å². The van der Waals surface area contributed by atoms with Crippen molar-refractivity contribution in [3.63, 3.8) is 0 Å². The molecule has 2 aromatic rings. The van der Waals surface area contributed by atoms with E-state index in [1.165, 1.54) is 0 Å². The van der Waals surface area contributed by atoms with Crippen LogP contribution in [0.25, 0.3) is 0 Å². The van der Waals surface area contributed by atoms with Crippen molar-refractivity contribution in [1.82, 2.24) is 9.97 Å². The minimum atomic E-state index is 0.525. The van der Waals surface area contributed by atoms with Gasteiger partial charge in [-0.15, -0.1) is 0 Å². The number of nitrogen functional groups attached to an aromatic ring is 1. The zero-order valence-electron chi connectivity index (χ0n) is 10.7. The molecule has 0 aliphatic rings. The van der Waals surface area contributed by atoms with Crippen LogP contribution in [0.15, 0.2) is 30.3 Å². The first-order valence-electron chi connectivity index (χ1n) is 5.93. The molecule has 1 aromatic heterocycles. The van der Waals surface area contributed by atoms with Gasteiger partial charge in [-0.3, -0.25) is 0 Å². The lowest BCUT2D eigenvalue weighted by Gasteiger charge is -2.08. The Morgan fingerprint density at radius 2 is 1.78 bits per heavy atom. The van der Waals surface area contributed by atoms with Crippen LogP contribution in [0.3, 0.4) is 0 Å². The monoisotopic (exact) mass is 243 g/mol. The Labute approximate surface area is 107 Å². The largest absolute Gasteiger partial charge is 0.491 e. The molecule has 94 valence electrons. The van der Waals surface area contributed by atoms with E-state index in [1.807, 2.05) is 44.2 Å². The lowest BCUT2D eigenvalue weighted by molar-refractivity contribution is 0.320. The van der Waals surface area contributed by atoms with Crippen LogP contribution in [0.5, 0.6) is 5.75 Å². The zero-order chi connectivity index (χ0) is 13.0. The van der Waals surface area contributed by atoms with Crippen molar-refractivity contribution in [3.05, 3.63) is 47.5 Å². The summed E-state index contributed by atoms with van der Waals surface area (Å²) in [5.41, 5.74) is 8.41. The Kier molecular flexibility index (Phi) is 3.77. The summed E-state index contributed by atoms with van der Waals surface area (Å²) in [5, 5.41) is 0. The Balaban J connectivity index is 1.94. The Hall–Kier alpha value is -2.10. The highest BCUT2D eigenvalue weighted by Crippen LogP contribution is 2.19. The molecule has 0 spiro atoms. The number of hydrogen-bond acceptors (Lipinski definition) is 4. The summed E-state index contributed by atoms with van der Waals surface area (Å²) < 4.78 is 5.62. The van der Waals surface area contributed by atoms with Gasteiger partial charge in [0.2, 0.25) is 0 Å². The molecule has 2 N–H and O–H groups in total. The highest BCUT2D eigenvalue weighted by Gasteiger charge is 2.02. The number of nitrogens with zero attached hydrogens (tertiary/aromatic N) is 2. The Morgan fingerprint density at radius 3 is 2.44 bits per heavy atom. The van der Waals surface area contributed by atoms with Crippen LogP contribution in [0.4, 0.5) is 5.69 Å². The van der Waals surface area contributed by atoms with Crippen LogP contribution in [-0.4, -0.2) is 16.6 Å². The van der Waals surface area contributed by atoms with Crippen LogP contribution in [0.1, 0.15) is 17.2 Å². The van der Waals surface area contributed by atoms with Gasteiger partial charge in [-0.2, -0.15) is 0 Å². The topological polar surface area (TPSA) is 61.0 Å². The van der Waals surface area contributed by atoms with Crippen molar-refractivity contribution in [3.8, 4) is 5.75 Å². The van der Waals surface area contributed by atoms with Crippen molar-refractivity contribution in [1.29, 1.82) is 0 Å². The highest BCUT2D eigenvalue weighted by atomic mass is 16.5. The van der Waals surface area contributed by atoms with E-state index < -0.39 is 0 Å². The molecule has 0 amide bonds. The molecular formula is C14H17N3O. The molecule has 18 heavy (non-hydrogen) atoms. The molecule has 0 saturated carbocycles. The minimum absolute atomic E-state index is 0.525. The molecule has 0 aliphatic carbocycles. The molecule has 0 unspecified atom stereocenters. The standard InChI is InChI=1S/C14H17N3O/c1-10-9-11(2)17-14(16-10)7-8-18-13-6-4-3-5-12(13)15/h3-6,9H,7-8,15H2,1-2H3. The van der Waals surface area contributed by atoms with Gasteiger partial charge in [0.25, 0.3) is 0 Å². The maximum absolute atomic E-state index is 5.79. The first kappa shape index (κ1) is 12.4. The maximum Gasteiger partial charge on any atom is 0.142 e. The number of anilines is 1. The number of nitrogens with two attached hydrogens (primary N) is 1. The summed E-state index contributed by atoms with van der Waals surface area (Å²) >= 11 is 0. The van der Waals surface area contributed by atoms with Crippen LogP contribution < -0.4 is 10.5 Å². The normalized spacial score (nSPS) is 10.3. The number of aryl methyl sites for hydroxylation is 2. The lowest BCUT2D eigenvalue weighted by Crippen LogP contribution is -2.07. The number of benzene rings is 1. The second kappa shape index (κ2) is 5.49. The second-order valence-electron chi connectivity index (χ2n) is 4.20. The fourth-order valence-corrected chi connectivity index (χ4v) is 1.78. The molecule has 1 heterocycles. The molecule has 0 fully saturated rings. The first-order valence-corrected chi connectivity index (χ1v) is 5.93. The number of rotatable bonds is 4. The van der Waals surface area contributed by atoms with E-state index in [1.54, 1.807) is 0 Å². The lowest BCUT2D eigenvalue weighted by atomic mass is 10.3. The summed E-state index contributed by atoms with van der Waals surface area (Å²) in [5.74, 6) is 1.52. The SMILES string of the molecule is Cc1cc(C)nc(CCOc2ccccc2N)n1. The fraction of sp³-hybridized carbons (Fsp3) is 0.286. The van der Waals surface area contributed by atoms with Crippen LogP contribution in [-0.2, 0) is 6.42 Å². The Bertz CT molecular complexity index is 520. The van der Waals surface area contributed by atoms with Crippen molar-refractivity contribution >= 4 is 5.69 Å². The predicted molar refractivity (Wildman–Crippen MR) is 71.6 cm³/mol. The van der Waals surface area contributed by atoms with Crippen molar-refractivity contribution in [2.24, 2.45) is 0 Å². The quantitative estimate of drug-likeness (QED) is 0.837. The van der Waals surface area contributed by atoms with Crippen molar-refractivity contribution < 1.29 is 4.74 Å². The zero-order valence-corrected chi connectivity index (χ0v) is 10.7. The number of hydrogen-bond donors (Lipinski definition) is 1. The van der Waals surface area contributed by atoms with Crippen molar-refractivity contribution in [2.75, 3.05) is 12.3 Å². The van der Waals surface area contributed by atoms with Gasteiger partial charge in [-0.1, -0.05) is 12.1 Å². The predicted octanol–water partition coefficient (Wildman–Crippen LogP) is 2.30. The molecule has 4 heteroatoms. The molecular weight excluding hydrogens is 226 g/mol. The summed E-state index contributed by atoms with van der Waals surface area (Å²) in [7, 11) is 0. The molecule has 0 radical (unpaired) electrons. The average molecular weight is 243 g/mol. The van der Waals surface area contributed by atoms with Gasteiger partial charge in [0.1, 0.15) is 11.6 Å². The van der Waals surface area contributed by atoms with E-state index in [0.717, 1.165) is 17.2 Å². The highest BCUT2D eigenvalue weighted by molar-refractivity contribution is 5.51. The summed E-state index contributed by atoms with van der Waals surface area (Å²) in [6.45, 7) is 4.46. The van der Waals surface area contributed by atoms with Gasteiger partial charge in [-0.25, -0.2) is 9.97 Å². The minimum Gasteiger partial charge on any atom is -0.491 e. The molecule has 0 atom stereocenters. The average Bonchev–Trinajstić information content (AvgIpc) is 2.30. The molecule has 1 aromatic carbocycles. The number of para-hydroxylation sites is 2. The van der Waals surface area contributed by atoms with Gasteiger partial charge in [-0.05, 0) is 32.0 Å². The van der Waals surface area contributed by atoms with E-state index >= 15 is 0 Å². The van der Waals surface area contributed by atoms with E-state index in [0.29, 0.717) is 24.5 Å².